The highest BCUT2D eigenvalue weighted by Crippen LogP contribution is 2.30. The molecule has 0 aliphatic heterocycles. The Morgan fingerprint density at radius 3 is 2.39 bits per heavy atom. The number of benzene rings is 1. The van der Waals surface area contributed by atoms with Crippen LogP contribution in [0.4, 0.5) is 26.3 Å². The quantitative estimate of drug-likeness (QED) is 0.460. The summed E-state index contributed by atoms with van der Waals surface area (Å²) in [6.45, 7) is 0. The Morgan fingerprint density at radius 1 is 0.964 bits per heavy atom. The number of hydrogen-bond acceptors (Lipinski definition) is 4. The van der Waals surface area contributed by atoms with Gasteiger partial charge in [-0.2, -0.15) is 35.8 Å². The molecule has 0 spiro atoms. The lowest BCUT2D eigenvalue weighted by atomic mass is 10.2. The molecule has 3 heterocycles. The van der Waals surface area contributed by atoms with E-state index in [9.17, 15) is 31.1 Å². The van der Waals surface area contributed by atoms with E-state index in [2.05, 4.69) is 15.1 Å². The number of rotatable bonds is 1. The summed E-state index contributed by atoms with van der Waals surface area (Å²) in [5, 5.41) is 3.19. The van der Waals surface area contributed by atoms with Crippen molar-refractivity contribution >= 4 is 16.7 Å². The summed E-state index contributed by atoms with van der Waals surface area (Å²) in [7, 11) is 0. The minimum absolute atomic E-state index is 0.0128. The van der Waals surface area contributed by atoms with Crippen LogP contribution in [-0.2, 0) is 12.4 Å². The molecule has 0 aliphatic rings. The third-order valence-corrected chi connectivity index (χ3v) is 3.94. The van der Waals surface area contributed by atoms with Crippen molar-refractivity contribution in [3.05, 3.63) is 64.5 Å². The molecule has 0 atom stereocenters. The predicted octanol–water partition coefficient (Wildman–Crippen LogP) is 3.47. The topological polar surface area (TPSA) is 65.1 Å². The van der Waals surface area contributed by atoms with Gasteiger partial charge in [0.2, 0.25) is 0 Å². The summed E-state index contributed by atoms with van der Waals surface area (Å²) in [6.07, 6.45) is -7.24. The maximum atomic E-state index is 12.9. The molecule has 0 bridgehead atoms. The van der Waals surface area contributed by atoms with Crippen LogP contribution in [0.5, 0.6) is 0 Å². The molecule has 4 rings (SSSR count). The molecule has 144 valence electrons. The van der Waals surface area contributed by atoms with Crippen LogP contribution >= 0.6 is 0 Å². The fourth-order valence-electron chi connectivity index (χ4n) is 2.67. The zero-order chi connectivity index (χ0) is 20.3. The lowest BCUT2D eigenvalue weighted by Crippen LogP contribution is -2.19. The first-order valence-electron chi connectivity index (χ1n) is 7.58. The zero-order valence-electron chi connectivity index (χ0n) is 13.5. The van der Waals surface area contributed by atoms with Crippen molar-refractivity contribution in [2.45, 2.75) is 12.4 Å². The van der Waals surface area contributed by atoms with Crippen LogP contribution in [0.1, 0.15) is 11.4 Å². The highest BCUT2D eigenvalue weighted by atomic mass is 19.4. The zero-order valence-corrected chi connectivity index (χ0v) is 13.5. The van der Waals surface area contributed by atoms with Crippen molar-refractivity contribution in [2.24, 2.45) is 0 Å². The van der Waals surface area contributed by atoms with Crippen molar-refractivity contribution in [1.82, 2.24) is 24.1 Å². The summed E-state index contributed by atoms with van der Waals surface area (Å²) in [5.74, 6) is -1.79. The van der Waals surface area contributed by atoms with E-state index in [1.54, 1.807) is 0 Å². The van der Waals surface area contributed by atoms with Crippen molar-refractivity contribution < 1.29 is 26.3 Å². The second kappa shape index (κ2) is 5.78. The molecule has 0 unspecified atom stereocenters. The van der Waals surface area contributed by atoms with Crippen LogP contribution in [0.15, 0.2) is 47.5 Å². The summed E-state index contributed by atoms with van der Waals surface area (Å²) < 4.78 is 78.8. The van der Waals surface area contributed by atoms with Gasteiger partial charge in [0.15, 0.2) is 0 Å². The molecule has 0 saturated carbocycles. The average Bonchev–Trinajstić information content (AvgIpc) is 3.06. The molecule has 0 fully saturated rings. The van der Waals surface area contributed by atoms with Crippen molar-refractivity contribution in [3.63, 3.8) is 0 Å². The smallest absolute Gasteiger partial charge is 0.284 e. The molecule has 28 heavy (non-hydrogen) atoms. The Balaban J connectivity index is 1.93. The van der Waals surface area contributed by atoms with E-state index in [4.69, 9.17) is 0 Å². The first-order valence-corrected chi connectivity index (χ1v) is 7.58. The third-order valence-electron chi connectivity index (χ3n) is 3.94. The van der Waals surface area contributed by atoms with Gasteiger partial charge >= 0.3 is 12.4 Å². The molecule has 4 aromatic rings. The lowest BCUT2D eigenvalue weighted by molar-refractivity contribution is -0.144. The molecule has 6 nitrogen and oxygen atoms in total. The van der Waals surface area contributed by atoms with Crippen LogP contribution in [0, 0.1) is 0 Å². The van der Waals surface area contributed by atoms with E-state index in [-0.39, 0.29) is 22.4 Å². The van der Waals surface area contributed by atoms with E-state index in [1.807, 2.05) is 0 Å². The number of pyridine rings is 1. The molecule has 0 N–H and O–H groups in total. The van der Waals surface area contributed by atoms with Gasteiger partial charge in [0.05, 0.1) is 16.5 Å². The number of fused-ring (bicyclic) bond motifs is 3. The molecule has 0 aliphatic carbocycles. The Labute approximate surface area is 150 Å². The largest absolute Gasteiger partial charge is 0.453 e. The number of alkyl halides is 6. The van der Waals surface area contributed by atoms with Gasteiger partial charge in [0, 0.05) is 18.1 Å². The highest BCUT2D eigenvalue weighted by Gasteiger charge is 2.36. The Hall–Kier alpha value is -3.44. The van der Waals surface area contributed by atoms with E-state index in [0.717, 1.165) is 39.7 Å². The molecule has 0 amide bonds. The first kappa shape index (κ1) is 17.9. The van der Waals surface area contributed by atoms with Gasteiger partial charge in [-0.25, -0.2) is 4.98 Å². The van der Waals surface area contributed by atoms with Crippen molar-refractivity contribution in [1.29, 1.82) is 0 Å². The predicted molar refractivity (Wildman–Crippen MR) is 83.9 cm³/mol. The maximum Gasteiger partial charge on any atom is 0.453 e. The van der Waals surface area contributed by atoms with Gasteiger partial charge in [-0.1, -0.05) is 6.07 Å². The molecule has 3 aromatic heterocycles. The molecule has 1 aromatic carbocycles. The standard InChI is InChI=1S/C16H7F6N5O/c17-15(18,19)8-2-1-3-9(6-8)26-5-4-11-10(12(26)28)7-23-14-24-13(16(20,21)22)25-27(11)14/h1-7H. The number of halogens is 6. The first-order chi connectivity index (χ1) is 13.1. The van der Waals surface area contributed by atoms with Gasteiger partial charge in [-0.05, 0) is 24.3 Å². The van der Waals surface area contributed by atoms with Crippen LogP contribution in [-0.4, -0.2) is 24.1 Å². The SMILES string of the molecule is O=c1c2cnc3nc(C(F)(F)F)nn3c2ccn1-c1cccc(C(F)(F)F)c1. The lowest BCUT2D eigenvalue weighted by Gasteiger charge is -2.11. The van der Waals surface area contributed by atoms with Crippen molar-refractivity contribution in [2.75, 3.05) is 0 Å². The monoisotopic (exact) mass is 399 g/mol. The van der Waals surface area contributed by atoms with Gasteiger partial charge in [0.25, 0.3) is 17.2 Å². The van der Waals surface area contributed by atoms with Crippen molar-refractivity contribution in [3.8, 4) is 5.69 Å². The molecule has 0 saturated heterocycles. The van der Waals surface area contributed by atoms with E-state index in [1.165, 1.54) is 12.1 Å². The van der Waals surface area contributed by atoms with Gasteiger partial charge in [-0.15, -0.1) is 5.10 Å². The fourth-order valence-corrected chi connectivity index (χ4v) is 2.67. The average molecular weight is 399 g/mol. The summed E-state index contributed by atoms with van der Waals surface area (Å²) in [6, 6.07) is 5.33. The van der Waals surface area contributed by atoms with Crippen LogP contribution in [0.25, 0.3) is 22.4 Å². The Morgan fingerprint density at radius 2 is 1.71 bits per heavy atom. The number of aromatic nitrogens is 5. The second-order valence-corrected chi connectivity index (χ2v) is 5.74. The Kier molecular flexibility index (Phi) is 3.70. The number of hydrogen-bond donors (Lipinski definition) is 0. The van der Waals surface area contributed by atoms with E-state index >= 15 is 0 Å². The third kappa shape index (κ3) is 2.86. The van der Waals surface area contributed by atoms with Gasteiger partial charge in [0.1, 0.15) is 0 Å². The van der Waals surface area contributed by atoms with E-state index in [0.29, 0.717) is 0 Å². The van der Waals surface area contributed by atoms with Gasteiger partial charge in [-0.3, -0.25) is 9.36 Å². The molecular weight excluding hydrogens is 392 g/mol. The van der Waals surface area contributed by atoms with Crippen LogP contribution < -0.4 is 5.56 Å². The normalized spacial score (nSPS) is 12.8. The Bertz CT molecular complexity index is 1270. The minimum atomic E-state index is -4.80. The van der Waals surface area contributed by atoms with E-state index < -0.39 is 29.3 Å². The summed E-state index contributed by atoms with van der Waals surface area (Å²) >= 11 is 0. The fraction of sp³-hybridized carbons (Fsp3) is 0.125. The molecule has 0 radical (unpaired) electrons. The minimum Gasteiger partial charge on any atom is -0.284 e. The molecular formula is C16H7F6N5O. The maximum absolute atomic E-state index is 12.9. The van der Waals surface area contributed by atoms with Crippen LogP contribution in [0.3, 0.4) is 0 Å². The second-order valence-electron chi connectivity index (χ2n) is 5.74. The number of nitrogens with zero attached hydrogens (tertiary/aromatic N) is 5. The summed E-state index contributed by atoms with van der Waals surface area (Å²) in [5.41, 5.74) is -1.79. The highest BCUT2D eigenvalue weighted by molar-refractivity contribution is 5.79. The van der Waals surface area contributed by atoms with Crippen LogP contribution in [0.2, 0.25) is 0 Å². The summed E-state index contributed by atoms with van der Waals surface area (Å²) in [4.78, 5) is 19.7. The molecule has 12 heteroatoms. The van der Waals surface area contributed by atoms with Gasteiger partial charge < -0.3 is 0 Å².